The van der Waals surface area contributed by atoms with Crippen LogP contribution in [0.15, 0.2) is 64.2 Å². The van der Waals surface area contributed by atoms with Gasteiger partial charge in [0.2, 0.25) is 0 Å². The topological polar surface area (TPSA) is 51.1 Å². The van der Waals surface area contributed by atoms with Gasteiger partial charge in [0, 0.05) is 10.8 Å². The van der Waals surface area contributed by atoms with Crippen LogP contribution in [0, 0.1) is 0 Å². The second kappa shape index (κ2) is 4.00. The fraction of sp³-hybridized carbons (Fsp3) is 0. The Morgan fingerprint density at radius 3 is 1.72 bits per heavy atom. The van der Waals surface area contributed by atoms with E-state index < -0.39 is 0 Å². The highest BCUT2D eigenvalue weighted by molar-refractivity contribution is 5.64. The minimum absolute atomic E-state index is 0.344. The van der Waals surface area contributed by atoms with Crippen LogP contribution >= 0.6 is 0 Å². The second-order valence-corrected chi connectivity index (χ2v) is 4.00. The van der Waals surface area contributed by atoms with Gasteiger partial charge in [0.25, 0.3) is 11.1 Å². The molecule has 1 N–H and O–H groups in total. The lowest BCUT2D eigenvalue weighted by atomic mass is 10.2. The second-order valence-electron chi connectivity index (χ2n) is 4.00. The number of aromatic nitrogens is 1. The quantitative estimate of drug-likeness (QED) is 0.739. The Balaban J connectivity index is 2.24. The van der Waals surface area contributed by atoms with E-state index in [1.807, 2.05) is 18.2 Å². The third-order valence-corrected chi connectivity index (χ3v) is 2.80. The number of nitrogens with zero attached hydrogens (tertiary/aromatic N) is 1. The molecule has 4 heteroatoms. The van der Waals surface area contributed by atoms with Crippen molar-refractivity contribution in [3.63, 3.8) is 0 Å². The minimum atomic E-state index is -0.344. The van der Waals surface area contributed by atoms with Crippen molar-refractivity contribution in [1.29, 1.82) is 0 Å². The highest BCUT2D eigenvalue weighted by Crippen LogP contribution is 2.05. The standard InChI is InChI=1S/C14H10N2O2/c17-13-10-6-7-11(9-8-10)14(18)16(13)15-12-4-2-1-3-5-12/h1-9,15H. The summed E-state index contributed by atoms with van der Waals surface area (Å²) in [6.07, 6.45) is 0. The molecule has 0 aliphatic heterocycles. The third kappa shape index (κ3) is 1.64. The summed E-state index contributed by atoms with van der Waals surface area (Å²) >= 11 is 0. The molecule has 4 nitrogen and oxygen atoms in total. The van der Waals surface area contributed by atoms with Crippen LogP contribution in [-0.4, -0.2) is 4.68 Å². The molecule has 4 aromatic rings. The number of hydrogen-bond acceptors (Lipinski definition) is 3. The molecule has 2 bridgehead atoms. The lowest BCUT2D eigenvalue weighted by Gasteiger charge is -2.05. The number of hydrogen-bond donors (Lipinski definition) is 1. The van der Waals surface area contributed by atoms with Crippen LogP contribution < -0.4 is 16.5 Å². The smallest absolute Gasteiger partial charge is 0.279 e. The van der Waals surface area contributed by atoms with Gasteiger partial charge in [-0.2, -0.15) is 4.68 Å². The fourth-order valence-electron chi connectivity index (χ4n) is 1.85. The van der Waals surface area contributed by atoms with Crippen molar-refractivity contribution in [3.05, 3.63) is 75.3 Å². The fourth-order valence-corrected chi connectivity index (χ4v) is 1.85. The van der Waals surface area contributed by atoms with Crippen LogP contribution in [0.3, 0.4) is 0 Å². The Hall–Kier alpha value is -2.62. The molecule has 2 heterocycles. The summed E-state index contributed by atoms with van der Waals surface area (Å²) in [6, 6.07) is 15.7. The highest BCUT2D eigenvalue weighted by atomic mass is 16.2. The molecule has 0 saturated carbocycles. The first-order valence-corrected chi connectivity index (χ1v) is 5.56. The van der Waals surface area contributed by atoms with Crippen LogP contribution in [-0.2, 0) is 0 Å². The monoisotopic (exact) mass is 238 g/mol. The lowest BCUT2D eigenvalue weighted by Crippen LogP contribution is -2.34. The van der Waals surface area contributed by atoms with E-state index in [1.54, 1.807) is 36.4 Å². The van der Waals surface area contributed by atoms with Crippen molar-refractivity contribution in [2.45, 2.75) is 0 Å². The van der Waals surface area contributed by atoms with Gasteiger partial charge in [-0.15, -0.1) is 0 Å². The van der Waals surface area contributed by atoms with Gasteiger partial charge in [-0.1, -0.05) is 18.2 Å². The predicted octanol–water partition coefficient (Wildman–Crippen LogP) is 1.67. The van der Waals surface area contributed by atoms with Gasteiger partial charge < -0.3 is 0 Å². The largest absolute Gasteiger partial charge is 0.288 e. The summed E-state index contributed by atoms with van der Waals surface area (Å²) in [7, 11) is 0. The third-order valence-electron chi connectivity index (χ3n) is 2.80. The van der Waals surface area contributed by atoms with E-state index >= 15 is 0 Å². The van der Waals surface area contributed by atoms with Crippen molar-refractivity contribution in [1.82, 2.24) is 4.68 Å². The summed E-state index contributed by atoms with van der Waals surface area (Å²) < 4.78 is 1.04. The Bertz CT molecular complexity index is 727. The van der Waals surface area contributed by atoms with Crippen LogP contribution in [0.4, 0.5) is 5.69 Å². The van der Waals surface area contributed by atoms with Gasteiger partial charge >= 0.3 is 0 Å². The van der Waals surface area contributed by atoms with Gasteiger partial charge in [-0.05, 0) is 36.4 Å². The molecule has 0 spiro atoms. The Labute approximate surface area is 102 Å². The normalized spacial score (nSPS) is 10.7. The first-order chi connectivity index (χ1) is 8.75. The van der Waals surface area contributed by atoms with Crippen LogP contribution in [0.2, 0.25) is 0 Å². The first-order valence-electron chi connectivity index (χ1n) is 5.56. The zero-order valence-electron chi connectivity index (χ0n) is 9.46. The van der Waals surface area contributed by atoms with E-state index in [9.17, 15) is 9.59 Å². The molecule has 0 aliphatic rings. The minimum Gasteiger partial charge on any atom is -0.288 e. The number of fused-ring (bicyclic) bond motifs is 4. The maximum atomic E-state index is 12.1. The number of para-hydroxylation sites is 1. The first kappa shape index (κ1) is 10.5. The van der Waals surface area contributed by atoms with Crippen molar-refractivity contribution in [2.75, 3.05) is 5.43 Å². The molecule has 0 saturated heterocycles. The van der Waals surface area contributed by atoms with Crippen molar-refractivity contribution in [3.8, 4) is 0 Å². The van der Waals surface area contributed by atoms with Crippen molar-refractivity contribution >= 4 is 16.5 Å². The molecular formula is C14H10N2O2. The molecule has 2 aromatic carbocycles. The van der Waals surface area contributed by atoms with Crippen LogP contribution in [0.5, 0.6) is 0 Å². The van der Waals surface area contributed by atoms with Crippen molar-refractivity contribution < 1.29 is 0 Å². The average Bonchev–Trinajstić information content (AvgIpc) is 2.60. The molecule has 0 unspecified atom stereocenters. The maximum Gasteiger partial charge on any atom is 0.279 e. The SMILES string of the molecule is O=c1c2ccc(cc2)c(=O)n1Nc1ccccc1. The molecule has 0 radical (unpaired) electrons. The molecule has 0 atom stereocenters. The summed E-state index contributed by atoms with van der Waals surface area (Å²) in [5.41, 5.74) is 2.84. The van der Waals surface area contributed by atoms with E-state index in [4.69, 9.17) is 0 Å². The number of rotatable bonds is 2. The van der Waals surface area contributed by atoms with Gasteiger partial charge in [-0.3, -0.25) is 15.0 Å². The zero-order valence-corrected chi connectivity index (χ0v) is 9.46. The van der Waals surface area contributed by atoms with E-state index in [-0.39, 0.29) is 11.1 Å². The molecule has 0 amide bonds. The summed E-state index contributed by atoms with van der Waals surface area (Å²) in [6.45, 7) is 0. The van der Waals surface area contributed by atoms with Crippen LogP contribution in [0.1, 0.15) is 0 Å². The Morgan fingerprint density at radius 1 is 0.722 bits per heavy atom. The molecule has 4 rings (SSSR count). The average molecular weight is 238 g/mol. The number of anilines is 1. The van der Waals surface area contributed by atoms with E-state index in [2.05, 4.69) is 5.43 Å². The van der Waals surface area contributed by atoms with E-state index in [0.29, 0.717) is 16.5 Å². The summed E-state index contributed by atoms with van der Waals surface area (Å²) in [5, 5.41) is 0.987. The predicted molar refractivity (Wildman–Crippen MR) is 71.1 cm³/mol. The lowest BCUT2D eigenvalue weighted by molar-refractivity contribution is 0.886. The highest BCUT2D eigenvalue weighted by Gasteiger charge is 2.06. The Kier molecular flexibility index (Phi) is 2.34. The van der Waals surface area contributed by atoms with Gasteiger partial charge in [0.1, 0.15) is 0 Å². The van der Waals surface area contributed by atoms with Gasteiger partial charge in [0.05, 0.1) is 5.69 Å². The van der Waals surface area contributed by atoms with Gasteiger partial charge in [-0.25, -0.2) is 0 Å². The number of benzene rings is 2. The van der Waals surface area contributed by atoms with E-state index in [0.717, 1.165) is 4.68 Å². The molecule has 0 aliphatic carbocycles. The van der Waals surface area contributed by atoms with E-state index in [1.165, 1.54) is 0 Å². The summed E-state index contributed by atoms with van der Waals surface area (Å²) in [4.78, 5) is 24.2. The molecule has 18 heavy (non-hydrogen) atoms. The molecule has 88 valence electrons. The number of nitrogens with one attached hydrogen (secondary N) is 1. The summed E-state index contributed by atoms with van der Waals surface area (Å²) in [5.74, 6) is 0. The maximum absolute atomic E-state index is 12.1. The Morgan fingerprint density at radius 2 is 1.22 bits per heavy atom. The molecule has 0 fully saturated rings. The molecular weight excluding hydrogens is 228 g/mol. The molecule has 2 aromatic heterocycles. The van der Waals surface area contributed by atoms with Crippen molar-refractivity contribution in [2.24, 2.45) is 0 Å². The zero-order chi connectivity index (χ0) is 12.5. The van der Waals surface area contributed by atoms with Gasteiger partial charge in [0.15, 0.2) is 0 Å². The van der Waals surface area contributed by atoms with Crippen LogP contribution in [0.25, 0.3) is 10.8 Å².